The van der Waals surface area contributed by atoms with Crippen LogP contribution >= 0.6 is 0 Å². The van der Waals surface area contributed by atoms with Crippen molar-refractivity contribution in [1.29, 1.82) is 0 Å². The number of ketones is 1. The maximum absolute atomic E-state index is 12.1. The van der Waals surface area contributed by atoms with Crippen LogP contribution in [0.4, 0.5) is 0 Å². The molecule has 0 radical (unpaired) electrons. The molecule has 0 aliphatic carbocycles. The second kappa shape index (κ2) is 7.94. The Balaban J connectivity index is 2.61. The molecule has 1 rings (SSSR count). The van der Waals surface area contributed by atoms with Crippen LogP contribution in [0.1, 0.15) is 50.9 Å². The number of hydrogen-bond donors (Lipinski definition) is 2. The molecule has 1 aromatic rings. The average molecular weight is 306 g/mol. The van der Waals surface area contributed by atoms with Crippen LogP contribution in [0.25, 0.3) is 0 Å². The topological polar surface area (TPSA) is 81.4 Å². The van der Waals surface area contributed by atoms with E-state index in [1.165, 1.54) is 6.92 Å². The molecule has 122 valence electrons. The van der Waals surface area contributed by atoms with Crippen molar-refractivity contribution in [3.8, 4) is 5.75 Å². The third-order valence-corrected chi connectivity index (χ3v) is 3.95. The lowest BCUT2D eigenvalue weighted by atomic mass is 9.94. The van der Waals surface area contributed by atoms with Crippen LogP contribution in [-0.2, 0) is 4.79 Å². The molecule has 0 bridgehead atoms. The lowest BCUT2D eigenvalue weighted by Gasteiger charge is -2.27. The van der Waals surface area contributed by atoms with Gasteiger partial charge in [-0.15, -0.1) is 0 Å². The molecular formula is C17H26N2O3. The van der Waals surface area contributed by atoms with Crippen molar-refractivity contribution < 1.29 is 14.3 Å². The van der Waals surface area contributed by atoms with Gasteiger partial charge in [0.1, 0.15) is 5.75 Å². The van der Waals surface area contributed by atoms with Gasteiger partial charge in [-0.3, -0.25) is 9.59 Å². The molecule has 0 saturated carbocycles. The van der Waals surface area contributed by atoms with E-state index < -0.39 is 6.10 Å². The van der Waals surface area contributed by atoms with Gasteiger partial charge >= 0.3 is 0 Å². The zero-order valence-corrected chi connectivity index (χ0v) is 13.8. The van der Waals surface area contributed by atoms with Crippen LogP contribution in [0.5, 0.6) is 5.75 Å². The molecular weight excluding hydrogens is 280 g/mol. The van der Waals surface area contributed by atoms with Crippen LogP contribution < -0.4 is 15.8 Å². The molecule has 0 spiro atoms. The number of benzene rings is 1. The molecule has 5 nitrogen and oxygen atoms in total. The summed E-state index contributed by atoms with van der Waals surface area (Å²) in [6.45, 7) is 7.59. The number of rotatable bonds is 8. The van der Waals surface area contributed by atoms with Crippen LogP contribution in [0.15, 0.2) is 24.3 Å². The molecule has 1 aromatic carbocycles. The van der Waals surface area contributed by atoms with Crippen molar-refractivity contribution in [3.05, 3.63) is 29.8 Å². The monoisotopic (exact) mass is 306 g/mol. The fourth-order valence-corrected chi connectivity index (χ4v) is 1.95. The summed E-state index contributed by atoms with van der Waals surface area (Å²) in [6, 6.07) is 6.81. The molecule has 0 fully saturated rings. The summed E-state index contributed by atoms with van der Waals surface area (Å²) in [6.07, 6.45) is 0.930. The Labute approximate surface area is 132 Å². The highest BCUT2D eigenvalue weighted by atomic mass is 16.5. The number of carbonyl (C=O) groups is 2. The summed E-state index contributed by atoms with van der Waals surface area (Å²) in [7, 11) is 0. The summed E-state index contributed by atoms with van der Waals surface area (Å²) in [5.74, 6) is 0.242. The molecule has 1 unspecified atom stereocenters. The molecule has 0 aliphatic rings. The number of carbonyl (C=O) groups excluding carboxylic acids is 2. The van der Waals surface area contributed by atoms with E-state index in [9.17, 15) is 9.59 Å². The zero-order valence-electron chi connectivity index (χ0n) is 13.8. The summed E-state index contributed by atoms with van der Waals surface area (Å²) in [5.41, 5.74) is 6.33. The summed E-state index contributed by atoms with van der Waals surface area (Å²) in [4.78, 5) is 23.4. The Bertz CT molecular complexity index is 524. The first-order valence-electron chi connectivity index (χ1n) is 7.65. The lowest BCUT2D eigenvalue weighted by Crippen LogP contribution is -2.51. The highest BCUT2D eigenvalue weighted by Crippen LogP contribution is 2.16. The Morgan fingerprint density at radius 3 is 2.50 bits per heavy atom. The van der Waals surface area contributed by atoms with Crippen LogP contribution in [0, 0.1) is 0 Å². The Morgan fingerprint density at radius 2 is 1.95 bits per heavy atom. The van der Waals surface area contributed by atoms with Gasteiger partial charge in [-0.25, -0.2) is 0 Å². The molecule has 1 amide bonds. The predicted molar refractivity (Wildman–Crippen MR) is 87.0 cm³/mol. The maximum Gasteiger partial charge on any atom is 0.260 e. The van der Waals surface area contributed by atoms with Gasteiger partial charge in [0, 0.05) is 17.6 Å². The first-order valence-corrected chi connectivity index (χ1v) is 7.65. The number of nitrogens with two attached hydrogens (primary N) is 1. The summed E-state index contributed by atoms with van der Waals surface area (Å²) < 4.78 is 5.59. The lowest BCUT2D eigenvalue weighted by molar-refractivity contribution is -0.127. The third-order valence-electron chi connectivity index (χ3n) is 3.95. The van der Waals surface area contributed by atoms with Gasteiger partial charge < -0.3 is 15.8 Å². The van der Waals surface area contributed by atoms with E-state index >= 15 is 0 Å². The molecule has 0 saturated heterocycles. The van der Waals surface area contributed by atoms with Crippen molar-refractivity contribution in [2.75, 3.05) is 6.54 Å². The highest BCUT2D eigenvalue weighted by molar-refractivity contribution is 5.94. The van der Waals surface area contributed by atoms with Gasteiger partial charge in [-0.2, -0.15) is 0 Å². The molecule has 22 heavy (non-hydrogen) atoms. The number of nitrogens with one attached hydrogen (secondary N) is 1. The Hall–Kier alpha value is -1.88. The van der Waals surface area contributed by atoms with E-state index in [1.54, 1.807) is 31.2 Å². The SMILES string of the molecule is CCC(N)(CC)CNC(=O)C(C)Oc1cccc(C(C)=O)c1. The normalized spacial score (nSPS) is 12.6. The molecule has 0 aromatic heterocycles. The number of ether oxygens (including phenoxy) is 1. The number of amides is 1. The minimum atomic E-state index is -0.653. The van der Waals surface area contributed by atoms with E-state index in [0.717, 1.165) is 12.8 Å². The largest absolute Gasteiger partial charge is 0.481 e. The first-order chi connectivity index (χ1) is 10.3. The Kier molecular flexibility index (Phi) is 6.56. The van der Waals surface area contributed by atoms with Crippen molar-refractivity contribution in [1.82, 2.24) is 5.32 Å². The molecule has 5 heteroatoms. The second-order valence-corrected chi connectivity index (χ2v) is 5.63. The fourth-order valence-electron chi connectivity index (χ4n) is 1.95. The summed E-state index contributed by atoms with van der Waals surface area (Å²) in [5, 5.41) is 2.83. The zero-order chi connectivity index (χ0) is 16.8. The van der Waals surface area contributed by atoms with Crippen LogP contribution in [0.3, 0.4) is 0 Å². The standard InChI is InChI=1S/C17H26N2O3/c1-5-17(18,6-2)11-19-16(21)13(4)22-15-9-7-8-14(10-15)12(3)20/h7-10,13H,5-6,11,18H2,1-4H3,(H,19,21). The van der Waals surface area contributed by atoms with Gasteiger partial charge in [0.05, 0.1) is 0 Å². The smallest absolute Gasteiger partial charge is 0.260 e. The third kappa shape index (κ3) is 5.15. The van der Waals surface area contributed by atoms with E-state index in [-0.39, 0.29) is 17.2 Å². The second-order valence-electron chi connectivity index (χ2n) is 5.63. The average Bonchev–Trinajstić information content (AvgIpc) is 2.52. The first kappa shape index (κ1) is 18.2. The van der Waals surface area contributed by atoms with E-state index in [4.69, 9.17) is 10.5 Å². The number of hydrogen-bond acceptors (Lipinski definition) is 4. The van der Waals surface area contributed by atoms with Gasteiger partial charge in [0.25, 0.3) is 5.91 Å². The van der Waals surface area contributed by atoms with Crippen molar-refractivity contribution in [2.45, 2.75) is 52.2 Å². The van der Waals surface area contributed by atoms with Gasteiger partial charge in [0.15, 0.2) is 11.9 Å². The number of Topliss-reactive ketones (excluding diaryl/α,β-unsaturated/α-hetero) is 1. The quantitative estimate of drug-likeness (QED) is 0.722. The van der Waals surface area contributed by atoms with Crippen LogP contribution in [0.2, 0.25) is 0 Å². The van der Waals surface area contributed by atoms with E-state index in [0.29, 0.717) is 17.9 Å². The van der Waals surface area contributed by atoms with Gasteiger partial charge in [-0.05, 0) is 38.8 Å². The highest BCUT2D eigenvalue weighted by Gasteiger charge is 2.23. The van der Waals surface area contributed by atoms with E-state index in [1.807, 2.05) is 13.8 Å². The van der Waals surface area contributed by atoms with Crippen molar-refractivity contribution in [2.24, 2.45) is 5.73 Å². The van der Waals surface area contributed by atoms with E-state index in [2.05, 4.69) is 5.32 Å². The van der Waals surface area contributed by atoms with Crippen molar-refractivity contribution >= 4 is 11.7 Å². The molecule has 0 heterocycles. The van der Waals surface area contributed by atoms with Gasteiger partial charge in [-0.1, -0.05) is 26.0 Å². The molecule has 1 atom stereocenters. The Morgan fingerprint density at radius 1 is 1.32 bits per heavy atom. The minimum absolute atomic E-state index is 0.0404. The van der Waals surface area contributed by atoms with Gasteiger partial charge in [0.2, 0.25) is 0 Å². The fraction of sp³-hybridized carbons (Fsp3) is 0.529. The summed E-state index contributed by atoms with van der Waals surface area (Å²) >= 11 is 0. The maximum atomic E-state index is 12.1. The predicted octanol–water partition coefficient (Wildman–Crippen LogP) is 2.29. The molecule has 0 aliphatic heterocycles. The molecule has 3 N–H and O–H groups in total. The van der Waals surface area contributed by atoms with Crippen LogP contribution in [-0.4, -0.2) is 29.9 Å². The van der Waals surface area contributed by atoms with Crippen molar-refractivity contribution in [3.63, 3.8) is 0 Å². The minimum Gasteiger partial charge on any atom is -0.481 e.